The Labute approximate surface area is 156 Å². The van der Waals surface area contributed by atoms with Crippen LogP contribution < -0.4 is 14.9 Å². The molecule has 1 heterocycles. The Kier molecular flexibility index (Phi) is 5.66. The molecule has 132 valence electrons. The normalized spacial score (nSPS) is 10.7. The van der Waals surface area contributed by atoms with E-state index in [-0.39, 0.29) is 0 Å². The van der Waals surface area contributed by atoms with Gasteiger partial charge < -0.3 is 9.47 Å². The fourth-order valence-electron chi connectivity index (χ4n) is 2.30. The summed E-state index contributed by atoms with van der Waals surface area (Å²) in [7, 11) is 3.18. The molecule has 0 saturated heterocycles. The molecule has 0 bridgehead atoms. The van der Waals surface area contributed by atoms with E-state index in [1.165, 1.54) is 0 Å². The van der Waals surface area contributed by atoms with Crippen molar-refractivity contribution in [2.45, 2.75) is 0 Å². The minimum Gasteiger partial charge on any atom is -0.493 e. The molecule has 0 radical (unpaired) electrons. The van der Waals surface area contributed by atoms with Gasteiger partial charge in [-0.25, -0.2) is 9.97 Å². The van der Waals surface area contributed by atoms with Gasteiger partial charge in [0, 0.05) is 11.6 Å². The van der Waals surface area contributed by atoms with Gasteiger partial charge in [0.2, 0.25) is 0 Å². The summed E-state index contributed by atoms with van der Waals surface area (Å²) in [6.07, 6.45) is 1.65. The molecule has 1 aromatic heterocycles. The summed E-state index contributed by atoms with van der Waals surface area (Å²) in [5.74, 6) is 2.32. The van der Waals surface area contributed by atoms with Gasteiger partial charge in [-0.15, -0.1) is 0 Å². The molecule has 0 aliphatic rings. The molecule has 3 aromatic rings. The monoisotopic (exact) mass is 368 g/mol. The van der Waals surface area contributed by atoms with Crippen LogP contribution in [-0.4, -0.2) is 30.4 Å². The Morgan fingerprint density at radius 1 is 0.962 bits per heavy atom. The zero-order valence-corrected chi connectivity index (χ0v) is 15.1. The zero-order chi connectivity index (χ0) is 18.4. The first kappa shape index (κ1) is 17.7. The Balaban J connectivity index is 1.77. The number of hydrazone groups is 1. The molecule has 0 atom stereocenters. The Morgan fingerprint density at radius 2 is 1.73 bits per heavy atom. The molecule has 0 amide bonds. The predicted molar refractivity (Wildman–Crippen MR) is 103 cm³/mol. The highest BCUT2D eigenvalue weighted by atomic mass is 35.5. The summed E-state index contributed by atoms with van der Waals surface area (Å²) >= 11 is 6.10. The third kappa shape index (κ3) is 4.29. The Morgan fingerprint density at radius 3 is 2.46 bits per heavy atom. The van der Waals surface area contributed by atoms with Crippen molar-refractivity contribution >= 4 is 23.6 Å². The van der Waals surface area contributed by atoms with E-state index in [1.807, 2.05) is 48.5 Å². The molecule has 26 heavy (non-hydrogen) atoms. The van der Waals surface area contributed by atoms with E-state index >= 15 is 0 Å². The van der Waals surface area contributed by atoms with Crippen molar-refractivity contribution in [1.82, 2.24) is 9.97 Å². The van der Waals surface area contributed by atoms with Crippen LogP contribution in [0.15, 0.2) is 59.7 Å². The van der Waals surface area contributed by atoms with Crippen molar-refractivity contribution in [1.29, 1.82) is 0 Å². The molecule has 3 rings (SSSR count). The van der Waals surface area contributed by atoms with Crippen LogP contribution >= 0.6 is 11.6 Å². The van der Waals surface area contributed by atoms with Crippen LogP contribution in [0.4, 0.5) is 5.82 Å². The smallest absolute Gasteiger partial charge is 0.163 e. The van der Waals surface area contributed by atoms with Crippen LogP contribution in [0.5, 0.6) is 11.5 Å². The number of nitrogens with one attached hydrogen (secondary N) is 1. The van der Waals surface area contributed by atoms with Gasteiger partial charge in [0.15, 0.2) is 23.1 Å². The first-order valence-electron chi connectivity index (χ1n) is 7.80. The van der Waals surface area contributed by atoms with Crippen molar-refractivity contribution in [3.05, 3.63) is 65.3 Å². The first-order chi connectivity index (χ1) is 12.7. The molecule has 0 spiro atoms. The first-order valence-corrected chi connectivity index (χ1v) is 8.18. The van der Waals surface area contributed by atoms with Gasteiger partial charge in [0.25, 0.3) is 0 Å². The zero-order valence-electron chi connectivity index (χ0n) is 14.3. The van der Waals surface area contributed by atoms with Crippen molar-refractivity contribution in [3.63, 3.8) is 0 Å². The van der Waals surface area contributed by atoms with Crippen molar-refractivity contribution in [2.75, 3.05) is 19.6 Å². The minimum absolute atomic E-state index is 0.336. The molecule has 1 N–H and O–H groups in total. The number of aromatic nitrogens is 2. The van der Waals surface area contributed by atoms with E-state index in [1.54, 1.807) is 26.5 Å². The van der Waals surface area contributed by atoms with Gasteiger partial charge in [0.1, 0.15) is 5.15 Å². The molecular weight excluding hydrogens is 352 g/mol. The van der Waals surface area contributed by atoms with Crippen LogP contribution in [-0.2, 0) is 0 Å². The summed E-state index contributed by atoms with van der Waals surface area (Å²) in [4.78, 5) is 8.68. The number of hydrogen-bond acceptors (Lipinski definition) is 6. The molecule has 0 aliphatic heterocycles. The number of methoxy groups -OCH3 is 2. The summed E-state index contributed by atoms with van der Waals surface area (Å²) < 4.78 is 10.5. The fourth-order valence-corrected chi connectivity index (χ4v) is 2.48. The molecule has 0 unspecified atom stereocenters. The van der Waals surface area contributed by atoms with Crippen LogP contribution in [0.2, 0.25) is 5.15 Å². The lowest BCUT2D eigenvalue weighted by Crippen LogP contribution is -1.98. The topological polar surface area (TPSA) is 68.6 Å². The molecular formula is C19H17ClN4O2. The number of benzene rings is 2. The predicted octanol–water partition coefficient (Wildman–Crippen LogP) is 4.26. The summed E-state index contributed by atoms with van der Waals surface area (Å²) in [5.41, 5.74) is 4.59. The number of rotatable bonds is 6. The largest absolute Gasteiger partial charge is 0.493 e. The van der Waals surface area contributed by atoms with Crippen LogP contribution in [0, 0.1) is 0 Å². The molecule has 2 aromatic carbocycles. The molecule has 0 saturated carbocycles. The Bertz CT molecular complexity index is 917. The maximum atomic E-state index is 6.10. The van der Waals surface area contributed by atoms with Gasteiger partial charge >= 0.3 is 0 Å². The van der Waals surface area contributed by atoms with Crippen LogP contribution in [0.1, 0.15) is 5.56 Å². The van der Waals surface area contributed by atoms with Crippen LogP contribution in [0.25, 0.3) is 11.4 Å². The van der Waals surface area contributed by atoms with Gasteiger partial charge in [0.05, 0.1) is 20.4 Å². The molecule has 0 aliphatic carbocycles. The molecule has 6 nitrogen and oxygen atoms in total. The minimum atomic E-state index is 0.336. The molecule has 0 fully saturated rings. The second kappa shape index (κ2) is 8.31. The van der Waals surface area contributed by atoms with E-state index in [4.69, 9.17) is 21.1 Å². The summed E-state index contributed by atoms with van der Waals surface area (Å²) in [6, 6.07) is 16.7. The highest BCUT2D eigenvalue weighted by molar-refractivity contribution is 6.29. The van der Waals surface area contributed by atoms with E-state index in [2.05, 4.69) is 20.5 Å². The summed E-state index contributed by atoms with van der Waals surface area (Å²) in [6.45, 7) is 0. The highest BCUT2D eigenvalue weighted by Crippen LogP contribution is 2.27. The van der Waals surface area contributed by atoms with E-state index in [0.29, 0.717) is 28.3 Å². The third-order valence-electron chi connectivity index (χ3n) is 3.53. The van der Waals surface area contributed by atoms with Gasteiger partial charge in [-0.1, -0.05) is 41.9 Å². The van der Waals surface area contributed by atoms with Crippen molar-refractivity contribution < 1.29 is 9.47 Å². The lowest BCUT2D eigenvalue weighted by molar-refractivity contribution is 0.355. The number of anilines is 1. The second-order valence-electron chi connectivity index (χ2n) is 5.25. The van der Waals surface area contributed by atoms with Gasteiger partial charge in [-0.2, -0.15) is 5.10 Å². The van der Waals surface area contributed by atoms with Crippen LogP contribution in [0.3, 0.4) is 0 Å². The van der Waals surface area contributed by atoms with Gasteiger partial charge in [-0.3, -0.25) is 5.43 Å². The summed E-state index contributed by atoms with van der Waals surface area (Å²) in [5, 5.41) is 4.53. The lowest BCUT2D eigenvalue weighted by atomic mass is 10.2. The van der Waals surface area contributed by atoms with Gasteiger partial charge in [-0.05, 0) is 23.8 Å². The Hall–Kier alpha value is -3.12. The van der Waals surface area contributed by atoms with E-state index in [0.717, 1.165) is 11.1 Å². The SMILES string of the molecule is COc1ccc(/C=N\Nc2cc(Cl)nc(-c3ccccc3)n2)cc1OC. The molecule has 7 heteroatoms. The van der Waals surface area contributed by atoms with Crippen molar-refractivity contribution in [2.24, 2.45) is 5.10 Å². The second-order valence-corrected chi connectivity index (χ2v) is 5.64. The number of halogens is 1. The average Bonchev–Trinajstić information content (AvgIpc) is 2.68. The fraction of sp³-hybridized carbons (Fsp3) is 0.105. The maximum Gasteiger partial charge on any atom is 0.163 e. The number of hydrogen-bond donors (Lipinski definition) is 1. The van der Waals surface area contributed by atoms with Crippen molar-refractivity contribution in [3.8, 4) is 22.9 Å². The maximum absolute atomic E-state index is 6.10. The average molecular weight is 369 g/mol. The standard InChI is InChI=1S/C19H17ClN4O2/c1-25-15-9-8-13(10-16(15)26-2)12-21-24-18-11-17(20)22-19(23-18)14-6-4-3-5-7-14/h3-12H,1-2H3,(H,22,23,24)/b21-12-. The number of ether oxygens (including phenoxy) is 2. The van der Waals surface area contributed by atoms with E-state index in [9.17, 15) is 0 Å². The quantitative estimate of drug-likeness (QED) is 0.400. The highest BCUT2D eigenvalue weighted by Gasteiger charge is 2.06. The third-order valence-corrected chi connectivity index (χ3v) is 3.72. The van der Waals surface area contributed by atoms with E-state index < -0.39 is 0 Å². The lowest BCUT2D eigenvalue weighted by Gasteiger charge is -2.07. The number of nitrogens with zero attached hydrogens (tertiary/aromatic N) is 3.